The number of hydrogen-bond acceptors (Lipinski definition) is 8. The minimum atomic E-state index is -1.47. The van der Waals surface area contributed by atoms with Gasteiger partial charge in [-0.05, 0) is 36.8 Å². The van der Waals surface area contributed by atoms with Crippen LogP contribution in [0, 0.1) is 0 Å². The molecule has 0 aliphatic heterocycles. The molecule has 9 nitrogen and oxygen atoms in total. The molecule has 0 unspecified atom stereocenters. The van der Waals surface area contributed by atoms with Crippen molar-refractivity contribution in [2.75, 3.05) is 12.0 Å². The van der Waals surface area contributed by atoms with Crippen LogP contribution in [0.4, 0.5) is 4.79 Å². The second-order valence-corrected chi connectivity index (χ2v) is 6.82. The van der Waals surface area contributed by atoms with Gasteiger partial charge < -0.3 is 35.2 Å². The Balaban J connectivity index is 2.68. The Bertz CT molecular complexity index is 669. The van der Waals surface area contributed by atoms with Crippen molar-refractivity contribution >= 4 is 35.7 Å². The van der Waals surface area contributed by atoms with Gasteiger partial charge >= 0.3 is 6.09 Å². The fourth-order valence-corrected chi connectivity index (χ4v) is 2.67. The van der Waals surface area contributed by atoms with Gasteiger partial charge in [-0.3, -0.25) is 4.79 Å². The third-order valence-electron chi connectivity index (χ3n) is 3.67. The van der Waals surface area contributed by atoms with Crippen molar-refractivity contribution in [1.82, 2.24) is 10.6 Å². The summed E-state index contributed by atoms with van der Waals surface area (Å²) >= 11 is 1.39. The van der Waals surface area contributed by atoms with E-state index in [9.17, 15) is 29.4 Å². The molecule has 1 aromatic rings. The van der Waals surface area contributed by atoms with Gasteiger partial charge in [0.15, 0.2) is 0 Å². The molecule has 0 fully saturated rings. The number of benzene rings is 1. The topological polar surface area (TPSA) is 148 Å². The number of ether oxygens (including phenoxy) is 1. The van der Waals surface area contributed by atoms with E-state index in [1.807, 2.05) is 0 Å². The van der Waals surface area contributed by atoms with Crippen LogP contribution < -0.4 is 20.8 Å². The van der Waals surface area contributed by atoms with E-state index in [1.165, 1.54) is 11.8 Å². The first-order valence-corrected chi connectivity index (χ1v) is 9.90. The molecule has 154 valence electrons. The number of thioether (sulfide) groups is 1. The average molecular weight is 410 g/mol. The van der Waals surface area contributed by atoms with Crippen molar-refractivity contribution in [3.8, 4) is 0 Å². The molecule has 2 N–H and O–H groups in total. The Kier molecular flexibility index (Phi) is 10.5. The lowest BCUT2D eigenvalue weighted by molar-refractivity contribution is -0.309. The second kappa shape index (κ2) is 12.6. The molecular weight excluding hydrogens is 388 g/mol. The number of aliphatic carboxylic acids is 2. The molecule has 1 rings (SSSR count). The lowest BCUT2D eigenvalue weighted by atomic mass is 10.1. The standard InChI is InChI=1S/C18H24N2O7S/c1-28-10-9-14(17(24)25)19-16(23)13(7-8-15(21)22)20-18(26)27-11-12-5-3-2-4-6-12/h2-6,13-14H,7-11H2,1H3,(H,19,23)(H,20,26)(H,21,22)(H,24,25)/p-2/t13-,14-/m0/s1. The summed E-state index contributed by atoms with van der Waals surface area (Å²) in [6, 6.07) is 6.26. The molecule has 0 bridgehead atoms. The normalized spacial score (nSPS) is 12.5. The Hall–Kier alpha value is -2.75. The van der Waals surface area contributed by atoms with E-state index in [0.717, 1.165) is 5.56 Å². The van der Waals surface area contributed by atoms with Crippen LogP contribution in [0.3, 0.4) is 0 Å². The minimum absolute atomic E-state index is 0.0447. The largest absolute Gasteiger partial charge is 0.550 e. The summed E-state index contributed by atoms with van der Waals surface area (Å²) in [5, 5.41) is 26.4. The van der Waals surface area contributed by atoms with Gasteiger partial charge in [0.1, 0.15) is 12.6 Å². The molecular formula is C18H22N2O7S-2. The highest BCUT2D eigenvalue weighted by atomic mass is 32.2. The smallest absolute Gasteiger partial charge is 0.408 e. The van der Waals surface area contributed by atoms with Gasteiger partial charge in [-0.1, -0.05) is 30.3 Å². The highest BCUT2D eigenvalue weighted by Gasteiger charge is 2.24. The average Bonchev–Trinajstić information content (AvgIpc) is 2.66. The predicted molar refractivity (Wildman–Crippen MR) is 97.7 cm³/mol. The maximum absolute atomic E-state index is 12.4. The number of carbonyl (C=O) groups excluding carboxylic acids is 4. The summed E-state index contributed by atoms with van der Waals surface area (Å²) in [5.41, 5.74) is 0.725. The minimum Gasteiger partial charge on any atom is -0.550 e. The van der Waals surface area contributed by atoms with Crippen LogP contribution in [0.1, 0.15) is 24.8 Å². The monoisotopic (exact) mass is 410 g/mol. The fourth-order valence-electron chi connectivity index (χ4n) is 2.20. The summed E-state index contributed by atoms with van der Waals surface area (Å²) in [6.45, 7) is -0.0447. The first-order valence-electron chi connectivity index (χ1n) is 8.50. The van der Waals surface area contributed by atoms with Crippen LogP contribution in [-0.4, -0.2) is 48.0 Å². The fraction of sp³-hybridized carbons (Fsp3) is 0.444. The van der Waals surface area contributed by atoms with Gasteiger partial charge in [0.2, 0.25) is 5.91 Å². The molecule has 28 heavy (non-hydrogen) atoms. The quantitative estimate of drug-likeness (QED) is 0.437. The molecule has 0 aliphatic rings. The molecule has 2 amide bonds. The van der Waals surface area contributed by atoms with E-state index in [0.29, 0.717) is 5.75 Å². The lowest BCUT2D eigenvalue weighted by Crippen LogP contribution is -2.54. The van der Waals surface area contributed by atoms with Crippen LogP contribution in [0.5, 0.6) is 0 Å². The van der Waals surface area contributed by atoms with E-state index < -0.39 is 42.4 Å². The first kappa shape index (κ1) is 23.3. The maximum atomic E-state index is 12.4. The molecule has 0 spiro atoms. The van der Waals surface area contributed by atoms with Crippen molar-refractivity contribution in [3.05, 3.63) is 35.9 Å². The first-order chi connectivity index (χ1) is 13.3. The number of alkyl carbamates (subject to hydrolysis) is 1. The van der Waals surface area contributed by atoms with Crippen molar-refractivity contribution in [2.45, 2.75) is 38.0 Å². The Morgan fingerprint density at radius 1 is 1.04 bits per heavy atom. The second-order valence-electron chi connectivity index (χ2n) is 5.83. The number of amides is 2. The maximum Gasteiger partial charge on any atom is 0.408 e. The number of rotatable bonds is 12. The van der Waals surface area contributed by atoms with Crippen molar-refractivity contribution < 1.29 is 34.1 Å². The molecule has 1 aromatic carbocycles. The van der Waals surface area contributed by atoms with Gasteiger partial charge in [0.25, 0.3) is 0 Å². The number of carbonyl (C=O) groups is 4. The lowest BCUT2D eigenvalue weighted by Gasteiger charge is -2.24. The number of carboxylic acids is 2. The van der Waals surface area contributed by atoms with E-state index in [2.05, 4.69) is 10.6 Å². The van der Waals surface area contributed by atoms with E-state index >= 15 is 0 Å². The van der Waals surface area contributed by atoms with Gasteiger partial charge in [0.05, 0.1) is 12.0 Å². The van der Waals surface area contributed by atoms with Gasteiger partial charge in [-0.25, -0.2) is 4.79 Å². The summed E-state index contributed by atoms with van der Waals surface area (Å²) in [7, 11) is 0. The summed E-state index contributed by atoms with van der Waals surface area (Å²) in [4.78, 5) is 46.2. The molecule has 0 radical (unpaired) electrons. The van der Waals surface area contributed by atoms with Crippen molar-refractivity contribution in [2.24, 2.45) is 0 Å². The zero-order valence-electron chi connectivity index (χ0n) is 15.3. The van der Waals surface area contributed by atoms with Gasteiger partial charge in [-0.15, -0.1) is 0 Å². The number of carboxylic acid groups (broad SMARTS) is 2. The Morgan fingerprint density at radius 2 is 1.71 bits per heavy atom. The Morgan fingerprint density at radius 3 is 2.29 bits per heavy atom. The van der Waals surface area contributed by atoms with Crippen LogP contribution in [0.15, 0.2) is 30.3 Å². The predicted octanol–water partition coefficient (Wildman–Crippen LogP) is -1.20. The summed E-state index contributed by atoms with van der Waals surface area (Å²) in [6.07, 6.45) is 0.188. The molecule has 0 aromatic heterocycles. The van der Waals surface area contributed by atoms with Gasteiger partial charge in [-0.2, -0.15) is 11.8 Å². The molecule has 0 saturated carbocycles. The number of nitrogens with one attached hydrogen (secondary N) is 2. The van der Waals surface area contributed by atoms with Crippen LogP contribution in [0.25, 0.3) is 0 Å². The van der Waals surface area contributed by atoms with Crippen molar-refractivity contribution in [1.29, 1.82) is 0 Å². The summed E-state index contributed by atoms with van der Waals surface area (Å²) in [5.74, 6) is -3.24. The van der Waals surface area contributed by atoms with Crippen LogP contribution in [-0.2, 0) is 25.7 Å². The highest BCUT2D eigenvalue weighted by molar-refractivity contribution is 7.98. The molecule has 10 heteroatoms. The zero-order valence-corrected chi connectivity index (χ0v) is 16.2. The van der Waals surface area contributed by atoms with Gasteiger partial charge in [0, 0.05) is 5.97 Å². The third kappa shape index (κ3) is 9.26. The molecule has 0 heterocycles. The molecule has 0 aliphatic carbocycles. The van der Waals surface area contributed by atoms with Crippen molar-refractivity contribution in [3.63, 3.8) is 0 Å². The summed E-state index contributed by atoms with van der Waals surface area (Å²) < 4.78 is 5.01. The molecule has 2 atom stereocenters. The van der Waals surface area contributed by atoms with Crippen LogP contribution in [0.2, 0.25) is 0 Å². The molecule has 0 saturated heterocycles. The van der Waals surface area contributed by atoms with Crippen LogP contribution >= 0.6 is 11.8 Å². The van der Waals surface area contributed by atoms with E-state index in [4.69, 9.17) is 4.74 Å². The zero-order chi connectivity index (χ0) is 20.9. The SMILES string of the molecule is CSCC[C@H](NC(=O)[C@H](CCC(=O)[O-])NC(=O)OCc1ccccc1)C(=O)[O-]. The highest BCUT2D eigenvalue weighted by Crippen LogP contribution is 2.05. The Labute approximate surface area is 166 Å². The third-order valence-corrected chi connectivity index (χ3v) is 4.31. The van der Waals surface area contributed by atoms with E-state index in [-0.39, 0.29) is 19.4 Å². The van der Waals surface area contributed by atoms with E-state index in [1.54, 1.807) is 36.6 Å². The number of hydrogen-bond donors (Lipinski definition) is 2.